The summed E-state index contributed by atoms with van der Waals surface area (Å²) in [4.78, 5) is 27.9. The Morgan fingerprint density at radius 1 is 1.37 bits per heavy atom. The number of allylic oxidation sites excluding steroid dienone is 2. The molecule has 2 N–H and O–H groups in total. The van der Waals surface area contributed by atoms with Crippen molar-refractivity contribution in [3.05, 3.63) is 41.4 Å². The van der Waals surface area contributed by atoms with Crippen LogP contribution in [-0.4, -0.2) is 74.1 Å². The molecule has 0 bridgehead atoms. The van der Waals surface area contributed by atoms with Crippen molar-refractivity contribution in [2.45, 2.75) is 13.3 Å². The number of hydrogen-bond acceptors (Lipinski definition) is 8. The zero-order valence-corrected chi connectivity index (χ0v) is 16.9. The number of hydrazone groups is 1. The number of benzene rings is 1. The predicted molar refractivity (Wildman–Crippen MR) is 117 cm³/mol. The lowest BCUT2D eigenvalue weighted by atomic mass is 10.1. The molecule has 0 aliphatic carbocycles. The molecule has 9 nitrogen and oxygen atoms in total. The van der Waals surface area contributed by atoms with Crippen molar-refractivity contribution in [1.82, 2.24) is 9.96 Å². The van der Waals surface area contributed by atoms with Crippen molar-refractivity contribution < 1.29 is 14.0 Å². The number of aliphatic imine (C=N–C) groups is 2. The standard InChI is InChI=1S/C20H26FN7O2/c1-3-18(23-2)17(21)14-24-15-28-11-10-27(12-13-30-28)20(29)16-6-4-5-7-19(16)26-25-9-8-22/h4-9,14,22,26H,2-3,10-13,15H2,1H3/b18-17+,22-8?,24-14?,25-9-. The number of amides is 1. The second-order valence-electron chi connectivity index (χ2n) is 6.19. The first-order valence-corrected chi connectivity index (χ1v) is 9.50. The van der Waals surface area contributed by atoms with Crippen LogP contribution in [-0.2, 0) is 4.84 Å². The van der Waals surface area contributed by atoms with Gasteiger partial charge in [-0.15, -0.1) is 0 Å². The van der Waals surface area contributed by atoms with Gasteiger partial charge in [0.2, 0.25) is 0 Å². The van der Waals surface area contributed by atoms with Gasteiger partial charge in [0.05, 0.1) is 36.0 Å². The maximum atomic E-state index is 13.9. The van der Waals surface area contributed by atoms with Crippen LogP contribution >= 0.6 is 0 Å². The highest BCUT2D eigenvalue weighted by atomic mass is 19.1. The highest BCUT2D eigenvalue weighted by molar-refractivity contribution is 6.14. The SMILES string of the molecule is C=N/C(CC)=C(/F)C=NCN1CCN(C(=O)c2ccccc2N/N=C\C=N)CCO1. The molecule has 30 heavy (non-hydrogen) atoms. The molecule has 2 rings (SSSR count). The molecule has 1 amide bonds. The Bertz CT molecular complexity index is 838. The molecular formula is C20H26FN7O2. The van der Waals surface area contributed by atoms with Crippen LogP contribution in [0.25, 0.3) is 0 Å². The molecule has 1 saturated heterocycles. The summed E-state index contributed by atoms with van der Waals surface area (Å²) in [6.45, 7) is 6.83. The molecule has 0 saturated carbocycles. The summed E-state index contributed by atoms with van der Waals surface area (Å²) in [6, 6.07) is 7.03. The maximum absolute atomic E-state index is 13.9. The van der Waals surface area contributed by atoms with Gasteiger partial charge in [-0.1, -0.05) is 19.1 Å². The highest BCUT2D eigenvalue weighted by Gasteiger charge is 2.22. The van der Waals surface area contributed by atoms with E-state index in [9.17, 15) is 9.18 Å². The minimum Gasteiger partial charge on any atom is -0.335 e. The largest absolute Gasteiger partial charge is 0.335 e. The Balaban J connectivity index is 1.98. The zero-order chi connectivity index (χ0) is 21.8. The van der Waals surface area contributed by atoms with Crippen LogP contribution < -0.4 is 5.43 Å². The average Bonchev–Trinajstić information content (AvgIpc) is 3.00. The van der Waals surface area contributed by atoms with Gasteiger partial charge in [0.25, 0.3) is 5.91 Å². The molecule has 0 spiro atoms. The van der Waals surface area contributed by atoms with E-state index in [2.05, 4.69) is 27.2 Å². The maximum Gasteiger partial charge on any atom is 0.256 e. The lowest BCUT2D eigenvalue weighted by Gasteiger charge is -2.21. The fraction of sp³-hybridized carbons (Fsp3) is 0.350. The first kappa shape index (κ1) is 23.0. The van der Waals surface area contributed by atoms with Gasteiger partial charge < -0.3 is 10.3 Å². The summed E-state index contributed by atoms with van der Waals surface area (Å²) < 4.78 is 13.9. The van der Waals surface area contributed by atoms with E-state index >= 15 is 0 Å². The number of rotatable bonds is 9. The van der Waals surface area contributed by atoms with E-state index in [0.717, 1.165) is 12.4 Å². The minimum atomic E-state index is -0.520. The quantitative estimate of drug-likeness (QED) is 0.478. The molecule has 0 unspecified atom stereocenters. The van der Waals surface area contributed by atoms with E-state index in [1.165, 1.54) is 6.21 Å². The van der Waals surface area contributed by atoms with E-state index in [-0.39, 0.29) is 18.3 Å². The van der Waals surface area contributed by atoms with Gasteiger partial charge in [-0.05, 0) is 25.3 Å². The van der Waals surface area contributed by atoms with Crippen LogP contribution in [0.3, 0.4) is 0 Å². The summed E-state index contributed by atoms with van der Waals surface area (Å²) >= 11 is 0. The zero-order valence-electron chi connectivity index (χ0n) is 16.9. The molecule has 0 atom stereocenters. The molecule has 1 aromatic rings. The Morgan fingerprint density at radius 3 is 2.90 bits per heavy atom. The molecule has 160 valence electrons. The summed E-state index contributed by atoms with van der Waals surface area (Å²) in [5.74, 6) is -0.676. The Hall–Kier alpha value is -3.24. The number of nitrogens with one attached hydrogen (secondary N) is 2. The molecular weight excluding hydrogens is 389 g/mol. The predicted octanol–water partition coefficient (Wildman–Crippen LogP) is 2.74. The number of para-hydroxylation sites is 1. The van der Waals surface area contributed by atoms with Crippen LogP contribution in [0.1, 0.15) is 23.7 Å². The van der Waals surface area contributed by atoms with Crippen molar-refractivity contribution in [3.8, 4) is 0 Å². The third-order valence-electron chi connectivity index (χ3n) is 4.28. The smallest absolute Gasteiger partial charge is 0.256 e. The number of nitrogens with zero attached hydrogens (tertiary/aromatic N) is 5. The van der Waals surface area contributed by atoms with Crippen molar-refractivity contribution in [2.75, 3.05) is 38.3 Å². The molecule has 1 aromatic carbocycles. The minimum absolute atomic E-state index is 0.139. The van der Waals surface area contributed by atoms with Gasteiger partial charge in [0, 0.05) is 25.8 Å². The van der Waals surface area contributed by atoms with Gasteiger partial charge >= 0.3 is 0 Å². The third kappa shape index (κ3) is 6.68. The second-order valence-corrected chi connectivity index (χ2v) is 6.19. The molecule has 0 radical (unpaired) electrons. The van der Waals surface area contributed by atoms with Gasteiger partial charge in [0.1, 0.15) is 6.67 Å². The van der Waals surface area contributed by atoms with E-state index in [1.807, 2.05) is 0 Å². The van der Waals surface area contributed by atoms with E-state index < -0.39 is 5.83 Å². The van der Waals surface area contributed by atoms with Gasteiger partial charge in [-0.25, -0.2) is 4.39 Å². The Kier molecular flexibility index (Phi) is 9.49. The first-order chi connectivity index (χ1) is 14.6. The molecule has 10 heteroatoms. The lowest BCUT2D eigenvalue weighted by molar-refractivity contribution is -0.145. The second kappa shape index (κ2) is 12.3. The summed E-state index contributed by atoms with van der Waals surface area (Å²) in [5, 5.41) is 12.4. The molecule has 1 fully saturated rings. The fourth-order valence-corrected chi connectivity index (χ4v) is 2.73. The van der Waals surface area contributed by atoms with Crippen LogP contribution in [0, 0.1) is 5.41 Å². The topological polar surface area (TPSA) is 106 Å². The monoisotopic (exact) mass is 415 g/mol. The highest BCUT2D eigenvalue weighted by Crippen LogP contribution is 2.18. The van der Waals surface area contributed by atoms with E-state index in [0.29, 0.717) is 43.9 Å². The molecule has 1 heterocycles. The van der Waals surface area contributed by atoms with E-state index in [4.69, 9.17) is 10.2 Å². The van der Waals surface area contributed by atoms with Gasteiger partial charge in [0.15, 0.2) is 5.83 Å². The summed E-state index contributed by atoms with van der Waals surface area (Å²) in [5.41, 5.74) is 4.06. The number of hydroxylamine groups is 2. The fourth-order valence-electron chi connectivity index (χ4n) is 2.73. The number of hydrogen-bond donors (Lipinski definition) is 2. The van der Waals surface area contributed by atoms with Crippen molar-refractivity contribution in [2.24, 2.45) is 15.1 Å². The number of carbonyl (C=O) groups excluding carboxylic acids is 1. The van der Waals surface area contributed by atoms with Crippen molar-refractivity contribution >= 4 is 37.0 Å². The van der Waals surface area contributed by atoms with Crippen LogP contribution in [0.2, 0.25) is 0 Å². The lowest BCUT2D eigenvalue weighted by Crippen LogP contribution is -2.35. The molecule has 0 aromatic heterocycles. The summed E-state index contributed by atoms with van der Waals surface area (Å²) in [6.07, 6.45) is 3.87. The Morgan fingerprint density at radius 2 is 2.17 bits per heavy atom. The number of anilines is 1. The number of carbonyl (C=O) groups is 1. The first-order valence-electron chi connectivity index (χ1n) is 9.50. The Labute approximate surface area is 175 Å². The van der Waals surface area contributed by atoms with Crippen molar-refractivity contribution in [1.29, 1.82) is 5.41 Å². The van der Waals surface area contributed by atoms with Gasteiger partial charge in [-0.3, -0.25) is 25.0 Å². The molecule has 1 aliphatic rings. The van der Waals surface area contributed by atoms with Gasteiger partial charge in [-0.2, -0.15) is 10.2 Å². The van der Waals surface area contributed by atoms with Crippen LogP contribution in [0.15, 0.2) is 50.9 Å². The van der Waals surface area contributed by atoms with Crippen LogP contribution in [0.4, 0.5) is 10.1 Å². The van der Waals surface area contributed by atoms with E-state index in [1.54, 1.807) is 41.2 Å². The van der Waals surface area contributed by atoms with Crippen molar-refractivity contribution in [3.63, 3.8) is 0 Å². The summed E-state index contributed by atoms with van der Waals surface area (Å²) in [7, 11) is 0. The van der Waals surface area contributed by atoms with Crippen LogP contribution in [0.5, 0.6) is 0 Å². The average molecular weight is 415 g/mol. The normalized spacial score (nSPS) is 16.4. The molecule has 1 aliphatic heterocycles. The third-order valence-corrected chi connectivity index (χ3v) is 4.28. The number of halogens is 1.